The molecule has 0 atom stereocenters. The van der Waals surface area contributed by atoms with E-state index >= 15 is 0 Å². The van der Waals surface area contributed by atoms with E-state index in [4.69, 9.17) is 23.9 Å². The van der Waals surface area contributed by atoms with Gasteiger partial charge in [0, 0.05) is 43.5 Å². The van der Waals surface area contributed by atoms with Gasteiger partial charge in [-0.3, -0.25) is 4.98 Å². The predicted octanol–water partition coefficient (Wildman–Crippen LogP) is 3.50. The smallest absolute Gasteiger partial charge is 0.162 e. The minimum absolute atomic E-state index is 0.731. The lowest BCUT2D eigenvalue weighted by Crippen LogP contribution is -2.46. The predicted molar refractivity (Wildman–Crippen MR) is 125 cm³/mol. The summed E-state index contributed by atoms with van der Waals surface area (Å²) in [5, 5.41) is 0. The molecule has 4 rings (SSSR count). The summed E-state index contributed by atoms with van der Waals surface area (Å²) in [5.41, 5.74) is 2.72. The lowest BCUT2D eigenvalue weighted by Gasteiger charge is -2.36. The highest BCUT2D eigenvalue weighted by molar-refractivity contribution is 5.69. The van der Waals surface area contributed by atoms with Gasteiger partial charge in [-0.05, 0) is 30.3 Å². The van der Waals surface area contributed by atoms with Gasteiger partial charge in [-0.1, -0.05) is 0 Å². The average molecular weight is 437 g/mol. The first kappa shape index (κ1) is 21.5. The Morgan fingerprint density at radius 1 is 0.688 bits per heavy atom. The molecule has 0 unspecified atom stereocenters. The summed E-state index contributed by atoms with van der Waals surface area (Å²) in [6.07, 6.45) is 3.56. The quantitative estimate of drug-likeness (QED) is 0.557. The molecule has 2 heterocycles. The Kier molecular flexibility index (Phi) is 6.49. The van der Waals surface area contributed by atoms with Gasteiger partial charge in [0.2, 0.25) is 0 Å². The number of nitrogens with zero attached hydrogens (tertiary/aromatic N) is 4. The highest BCUT2D eigenvalue weighted by Gasteiger charge is 2.21. The van der Waals surface area contributed by atoms with E-state index in [0.29, 0.717) is 0 Å². The number of hydrogen-bond donors (Lipinski definition) is 0. The third-order valence-corrected chi connectivity index (χ3v) is 5.64. The second kappa shape index (κ2) is 9.64. The Balaban J connectivity index is 1.51. The van der Waals surface area contributed by atoms with Crippen molar-refractivity contribution in [2.45, 2.75) is 0 Å². The molecule has 1 saturated heterocycles. The van der Waals surface area contributed by atoms with Crippen LogP contribution in [0.1, 0.15) is 0 Å². The van der Waals surface area contributed by atoms with Crippen molar-refractivity contribution in [1.82, 2.24) is 9.97 Å². The minimum atomic E-state index is 0.731. The molecular formula is C24H28N4O4. The standard InChI is InChI=1S/C24H28N4O4/c1-29-18-6-8-21(30-2)19(14-18)20-15-25-16-24(26-20)28-11-9-27(10-12-28)17-5-7-22(31-3)23(13-17)32-4/h5-8,13-16H,9-12H2,1-4H3. The van der Waals surface area contributed by atoms with Gasteiger partial charge >= 0.3 is 0 Å². The second-order valence-electron chi connectivity index (χ2n) is 7.34. The van der Waals surface area contributed by atoms with Gasteiger partial charge in [-0.15, -0.1) is 0 Å². The topological polar surface area (TPSA) is 69.2 Å². The molecule has 0 aliphatic carbocycles. The van der Waals surface area contributed by atoms with Crippen LogP contribution in [0.2, 0.25) is 0 Å². The molecule has 0 amide bonds. The molecule has 0 saturated carbocycles. The summed E-state index contributed by atoms with van der Waals surface area (Å²) < 4.78 is 21.7. The fourth-order valence-corrected chi connectivity index (χ4v) is 3.87. The van der Waals surface area contributed by atoms with E-state index in [2.05, 4.69) is 20.9 Å². The first-order valence-corrected chi connectivity index (χ1v) is 10.4. The maximum atomic E-state index is 5.52. The van der Waals surface area contributed by atoms with Crippen molar-refractivity contribution in [1.29, 1.82) is 0 Å². The molecule has 1 fully saturated rings. The summed E-state index contributed by atoms with van der Waals surface area (Å²) in [6.45, 7) is 3.40. The minimum Gasteiger partial charge on any atom is -0.497 e. The van der Waals surface area contributed by atoms with Crippen molar-refractivity contribution in [2.75, 3.05) is 64.4 Å². The fraction of sp³-hybridized carbons (Fsp3) is 0.333. The summed E-state index contributed by atoms with van der Waals surface area (Å²) in [6, 6.07) is 11.7. The Labute approximate surface area is 188 Å². The Morgan fingerprint density at radius 2 is 1.38 bits per heavy atom. The van der Waals surface area contributed by atoms with Gasteiger partial charge in [0.15, 0.2) is 11.5 Å². The van der Waals surface area contributed by atoms with E-state index in [-0.39, 0.29) is 0 Å². The number of anilines is 2. The maximum Gasteiger partial charge on any atom is 0.162 e. The molecule has 8 nitrogen and oxygen atoms in total. The molecule has 1 aliphatic heterocycles. The zero-order valence-electron chi connectivity index (χ0n) is 18.9. The lowest BCUT2D eigenvalue weighted by molar-refractivity contribution is 0.355. The van der Waals surface area contributed by atoms with E-state index in [1.807, 2.05) is 36.5 Å². The SMILES string of the molecule is COc1ccc(OC)c(-c2cncc(N3CCN(c4ccc(OC)c(OC)c4)CC3)n2)c1. The van der Waals surface area contributed by atoms with Crippen LogP contribution < -0.4 is 28.7 Å². The van der Waals surface area contributed by atoms with Crippen LogP contribution in [-0.2, 0) is 0 Å². The summed E-state index contributed by atoms with van der Waals surface area (Å²) >= 11 is 0. The van der Waals surface area contributed by atoms with Crippen molar-refractivity contribution in [3.63, 3.8) is 0 Å². The molecule has 1 aromatic heterocycles. The summed E-state index contributed by atoms with van der Waals surface area (Å²) in [5.74, 6) is 3.79. The van der Waals surface area contributed by atoms with E-state index < -0.39 is 0 Å². The van der Waals surface area contributed by atoms with Gasteiger partial charge in [0.25, 0.3) is 0 Å². The van der Waals surface area contributed by atoms with Crippen LogP contribution in [-0.4, -0.2) is 64.6 Å². The van der Waals surface area contributed by atoms with Crippen LogP contribution in [0.4, 0.5) is 11.5 Å². The molecule has 8 heteroatoms. The first-order chi connectivity index (χ1) is 15.7. The number of benzene rings is 2. The van der Waals surface area contributed by atoms with E-state index in [1.165, 1.54) is 0 Å². The third kappa shape index (κ3) is 4.34. The van der Waals surface area contributed by atoms with E-state index in [9.17, 15) is 0 Å². The van der Waals surface area contributed by atoms with Gasteiger partial charge in [0.05, 0.1) is 46.5 Å². The van der Waals surface area contributed by atoms with E-state index in [1.54, 1.807) is 34.6 Å². The molecule has 2 aromatic carbocycles. The Morgan fingerprint density at radius 3 is 2.06 bits per heavy atom. The molecule has 0 radical (unpaired) electrons. The highest BCUT2D eigenvalue weighted by Crippen LogP contribution is 2.34. The van der Waals surface area contributed by atoms with Crippen molar-refractivity contribution < 1.29 is 18.9 Å². The third-order valence-electron chi connectivity index (χ3n) is 5.64. The van der Waals surface area contributed by atoms with Gasteiger partial charge in [-0.2, -0.15) is 0 Å². The zero-order chi connectivity index (χ0) is 22.5. The molecular weight excluding hydrogens is 408 g/mol. The molecule has 0 spiro atoms. The first-order valence-electron chi connectivity index (χ1n) is 10.4. The van der Waals surface area contributed by atoms with Gasteiger partial charge in [0.1, 0.15) is 17.3 Å². The van der Waals surface area contributed by atoms with E-state index in [0.717, 1.165) is 71.9 Å². The lowest BCUT2D eigenvalue weighted by atomic mass is 10.1. The van der Waals surface area contributed by atoms with Crippen molar-refractivity contribution >= 4 is 11.5 Å². The molecule has 32 heavy (non-hydrogen) atoms. The van der Waals surface area contributed by atoms with Crippen molar-refractivity contribution in [3.05, 3.63) is 48.8 Å². The number of piperazine rings is 1. The van der Waals surface area contributed by atoms with Crippen molar-refractivity contribution in [3.8, 4) is 34.3 Å². The van der Waals surface area contributed by atoms with Gasteiger partial charge in [-0.25, -0.2) is 4.98 Å². The van der Waals surface area contributed by atoms with Gasteiger partial charge < -0.3 is 28.7 Å². The molecule has 0 bridgehead atoms. The van der Waals surface area contributed by atoms with Crippen molar-refractivity contribution in [2.24, 2.45) is 0 Å². The van der Waals surface area contributed by atoms with Crippen LogP contribution >= 0.6 is 0 Å². The summed E-state index contributed by atoms with van der Waals surface area (Å²) in [7, 11) is 6.59. The number of hydrogen-bond acceptors (Lipinski definition) is 8. The molecule has 168 valence electrons. The zero-order valence-corrected chi connectivity index (χ0v) is 18.9. The number of rotatable bonds is 7. The highest BCUT2D eigenvalue weighted by atomic mass is 16.5. The number of aromatic nitrogens is 2. The monoisotopic (exact) mass is 436 g/mol. The van der Waals surface area contributed by atoms with Crippen LogP contribution in [0.3, 0.4) is 0 Å². The van der Waals surface area contributed by atoms with Crippen LogP contribution in [0.25, 0.3) is 11.3 Å². The number of methoxy groups -OCH3 is 4. The maximum absolute atomic E-state index is 5.52. The molecule has 0 N–H and O–H groups in total. The Bertz CT molecular complexity index is 1070. The Hall–Kier alpha value is -3.68. The van der Waals surface area contributed by atoms with Crippen LogP contribution in [0, 0.1) is 0 Å². The largest absolute Gasteiger partial charge is 0.497 e. The van der Waals surface area contributed by atoms with Crippen LogP contribution in [0.15, 0.2) is 48.8 Å². The molecule has 3 aromatic rings. The second-order valence-corrected chi connectivity index (χ2v) is 7.34. The fourth-order valence-electron chi connectivity index (χ4n) is 3.87. The molecule has 1 aliphatic rings. The van der Waals surface area contributed by atoms with Crippen LogP contribution in [0.5, 0.6) is 23.0 Å². The summed E-state index contributed by atoms with van der Waals surface area (Å²) in [4.78, 5) is 13.9. The normalized spacial score (nSPS) is 13.6. The average Bonchev–Trinajstić information content (AvgIpc) is 2.88. The number of ether oxygens (including phenoxy) is 4.